The number of rotatable bonds is 6. The van der Waals surface area contributed by atoms with Gasteiger partial charge in [-0.2, -0.15) is 0 Å². The summed E-state index contributed by atoms with van der Waals surface area (Å²) in [4.78, 5) is 46.9. The van der Waals surface area contributed by atoms with Crippen LogP contribution in [0.2, 0.25) is 0 Å². The van der Waals surface area contributed by atoms with Gasteiger partial charge in [-0.05, 0) is 49.2 Å². The van der Waals surface area contributed by atoms with E-state index in [1.807, 2.05) is 18.2 Å². The molecular formula is C29H24FN5O4S. The number of likely N-dealkylation sites (tertiary alicyclic amines) is 1. The monoisotopic (exact) mass is 557 g/mol. The number of carbonyl (C=O) groups is 3. The first-order valence-corrected chi connectivity index (χ1v) is 13.5. The van der Waals surface area contributed by atoms with E-state index >= 15 is 4.39 Å². The summed E-state index contributed by atoms with van der Waals surface area (Å²) < 4.78 is 21.1. The van der Waals surface area contributed by atoms with E-state index in [1.165, 1.54) is 29.3 Å². The highest BCUT2D eigenvalue weighted by atomic mass is 32.1. The molecule has 0 spiro atoms. The summed E-state index contributed by atoms with van der Waals surface area (Å²) >= 11 is 1.14. The number of ether oxygens (including phenoxy) is 1. The molecule has 2 aliphatic rings. The Morgan fingerprint density at radius 3 is 2.75 bits per heavy atom. The van der Waals surface area contributed by atoms with Gasteiger partial charge in [-0.25, -0.2) is 14.2 Å². The molecule has 2 N–H and O–H groups in total. The Morgan fingerprint density at radius 1 is 1.15 bits per heavy atom. The standard InChI is InChI=1S/C29H24FN5O4S/c1-2-23(36)34-14-6-7-17(16-34)32-27(37)26-25-24-22(12-13-31-28(24)40-26)35(29(38)33-25)21-11-10-19(15-20(21)30)39-18-8-4-3-5-9-18/h2-5,8-13,15,17H,1,6-7,14,16H2,(H,32,37)(H,33,38). The minimum absolute atomic E-state index is 0.0300. The first kappa shape index (κ1) is 25.5. The van der Waals surface area contributed by atoms with E-state index in [1.54, 1.807) is 29.2 Å². The summed E-state index contributed by atoms with van der Waals surface area (Å²) in [7, 11) is 0. The smallest absolute Gasteiger partial charge is 0.331 e. The quantitative estimate of drug-likeness (QED) is 0.291. The van der Waals surface area contributed by atoms with Crippen molar-refractivity contribution in [3.8, 4) is 11.5 Å². The topological polar surface area (TPSA) is 104 Å². The summed E-state index contributed by atoms with van der Waals surface area (Å²) in [5.41, 5.74) is 0.777. The van der Waals surface area contributed by atoms with Crippen molar-refractivity contribution in [1.82, 2.24) is 15.2 Å². The fourth-order valence-electron chi connectivity index (χ4n) is 5.02. The Hall–Kier alpha value is -4.77. The number of halogens is 1. The van der Waals surface area contributed by atoms with Crippen molar-refractivity contribution in [3.05, 3.63) is 84.1 Å². The average Bonchev–Trinajstić information content (AvgIpc) is 3.33. The third-order valence-corrected chi connectivity index (χ3v) is 7.93. The second-order valence-electron chi connectivity index (χ2n) is 9.41. The van der Waals surface area contributed by atoms with Gasteiger partial charge in [0.1, 0.15) is 21.2 Å². The lowest BCUT2D eigenvalue weighted by Crippen LogP contribution is -2.49. The fourth-order valence-corrected chi connectivity index (χ4v) is 6.04. The van der Waals surface area contributed by atoms with E-state index in [0.717, 1.165) is 24.2 Å². The second-order valence-corrected chi connectivity index (χ2v) is 10.4. The predicted octanol–water partition coefficient (Wildman–Crippen LogP) is 5.82. The van der Waals surface area contributed by atoms with Gasteiger partial charge < -0.3 is 20.3 Å². The van der Waals surface area contributed by atoms with E-state index in [0.29, 0.717) is 45.3 Å². The molecule has 0 saturated carbocycles. The van der Waals surface area contributed by atoms with E-state index in [2.05, 4.69) is 22.2 Å². The first-order valence-electron chi connectivity index (χ1n) is 12.7. The first-order chi connectivity index (χ1) is 19.4. The highest BCUT2D eigenvalue weighted by Crippen LogP contribution is 2.46. The van der Waals surface area contributed by atoms with Gasteiger partial charge in [-0.3, -0.25) is 14.5 Å². The number of amides is 4. The third-order valence-electron chi connectivity index (χ3n) is 6.83. The number of thiophene rings is 1. The number of benzene rings is 2. The summed E-state index contributed by atoms with van der Waals surface area (Å²) in [6.45, 7) is 4.53. The molecule has 4 heterocycles. The van der Waals surface area contributed by atoms with Crippen LogP contribution in [0.4, 0.5) is 26.2 Å². The SMILES string of the molecule is C=CC(=O)N1CCCC(NC(=O)c2sc3nccc4c3c2NC(=O)N4c2ccc(Oc3ccccc3)cc2F)C1. The van der Waals surface area contributed by atoms with Crippen molar-refractivity contribution in [3.63, 3.8) is 0 Å². The molecule has 1 atom stereocenters. The molecule has 2 aliphatic heterocycles. The highest BCUT2D eigenvalue weighted by molar-refractivity contribution is 7.21. The number of carbonyl (C=O) groups excluding carboxylic acids is 3. The number of nitrogens with zero attached hydrogens (tertiary/aromatic N) is 3. The number of hydrogen-bond acceptors (Lipinski definition) is 6. The molecule has 1 fully saturated rings. The van der Waals surface area contributed by atoms with Crippen LogP contribution in [0.3, 0.4) is 0 Å². The van der Waals surface area contributed by atoms with Crippen LogP contribution >= 0.6 is 11.3 Å². The molecule has 0 aliphatic carbocycles. The number of piperidine rings is 1. The number of pyridine rings is 1. The lowest BCUT2D eigenvalue weighted by molar-refractivity contribution is -0.127. The molecule has 1 unspecified atom stereocenters. The van der Waals surface area contributed by atoms with E-state index in [9.17, 15) is 14.4 Å². The van der Waals surface area contributed by atoms with E-state index in [4.69, 9.17) is 4.74 Å². The Morgan fingerprint density at radius 2 is 1.98 bits per heavy atom. The zero-order valence-electron chi connectivity index (χ0n) is 21.2. The molecule has 6 rings (SSSR count). The Bertz CT molecular complexity index is 1660. The molecule has 4 aromatic rings. The maximum Gasteiger partial charge on any atom is 0.331 e. The van der Waals surface area contributed by atoms with Crippen LogP contribution in [0, 0.1) is 5.82 Å². The largest absolute Gasteiger partial charge is 0.457 e. The zero-order chi connectivity index (χ0) is 27.8. The number of anilines is 3. The summed E-state index contributed by atoms with van der Waals surface area (Å²) in [6.07, 6.45) is 4.26. The zero-order valence-corrected chi connectivity index (χ0v) is 22.0. The van der Waals surface area contributed by atoms with Gasteiger partial charge in [0.05, 0.1) is 22.4 Å². The maximum atomic E-state index is 15.4. The van der Waals surface area contributed by atoms with Gasteiger partial charge in [0.25, 0.3) is 5.91 Å². The van der Waals surface area contributed by atoms with Crippen LogP contribution in [0.25, 0.3) is 10.2 Å². The summed E-state index contributed by atoms with van der Waals surface area (Å²) in [5, 5.41) is 6.32. The predicted molar refractivity (Wildman–Crippen MR) is 151 cm³/mol. The van der Waals surface area contributed by atoms with Crippen molar-refractivity contribution in [1.29, 1.82) is 0 Å². The van der Waals surface area contributed by atoms with E-state index < -0.39 is 11.8 Å². The molecule has 0 bridgehead atoms. The molecule has 40 heavy (non-hydrogen) atoms. The van der Waals surface area contributed by atoms with Crippen molar-refractivity contribution in [2.75, 3.05) is 23.3 Å². The number of nitrogens with one attached hydrogen (secondary N) is 2. The van der Waals surface area contributed by atoms with Crippen LogP contribution in [-0.4, -0.2) is 46.9 Å². The number of aromatic nitrogens is 1. The molecular weight excluding hydrogens is 533 g/mol. The van der Waals surface area contributed by atoms with Crippen molar-refractivity contribution >= 4 is 56.5 Å². The average molecular weight is 558 g/mol. The maximum absolute atomic E-state index is 15.4. The van der Waals surface area contributed by atoms with Crippen LogP contribution in [-0.2, 0) is 4.79 Å². The molecule has 202 valence electrons. The Kier molecular flexibility index (Phi) is 6.64. The van der Waals surface area contributed by atoms with Crippen LogP contribution in [0.15, 0.2) is 73.4 Å². The lowest BCUT2D eigenvalue weighted by atomic mass is 10.1. The van der Waals surface area contributed by atoms with Gasteiger partial charge in [0.15, 0.2) is 5.82 Å². The molecule has 11 heteroatoms. The van der Waals surface area contributed by atoms with Gasteiger partial charge >= 0.3 is 6.03 Å². The van der Waals surface area contributed by atoms with Gasteiger partial charge in [0, 0.05) is 31.4 Å². The van der Waals surface area contributed by atoms with Crippen LogP contribution in [0.5, 0.6) is 11.5 Å². The van der Waals surface area contributed by atoms with Crippen molar-refractivity contribution < 1.29 is 23.5 Å². The lowest BCUT2D eigenvalue weighted by Gasteiger charge is -2.32. The van der Waals surface area contributed by atoms with Gasteiger partial charge in [0.2, 0.25) is 5.91 Å². The molecule has 1 saturated heterocycles. The summed E-state index contributed by atoms with van der Waals surface area (Å²) in [5.74, 6) is -0.353. The van der Waals surface area contributed by atoms with Crippen LogP contribution in [0.1, 0.15) is 22.5 Å². The number of hydrogen-bond donors (Lipinski definition) is 2. The van der Waals surface area contributed by atoms with Gasteiger partial charge in [-0.15, -0.1) is 11.3 Å². The minimum Gasteiger partial charge on any atom is -0.457 e. The molecule has 0 radical (unpaired) electrons. The highest BCUT2D eigenvalue weighted by Gasteiger charge is 2.34. The molecule has 9 nitrogen and oxygen atoms in total. The van der Waals surface area contributed by atoms with Gasteiger partial charge in [-0.1, -0.05) is 24.8 Å². The van der Waals surface area contributed by atoms with Crippen molar-refractivity contribution in [2.45, 2.75) is 18.9 Å². The number of urea groups is 1. The third kappa shape index (κ3) is 4.64. The summed E-state index contributed by atoms with van der Waals surface area (Å²) in [6, 6.07) is 14.1. The van der Waals surface area contributed by atoms with Crippen LogP contribution < -0.4 is 20.3 Å². The van der Waals surface area contributed by atoms with E-state index in [-0.39, 0.29) is 29.3 Å². The molecule has 2 aromatic heterocycles. The molecule has 4 amide bonds. The minimum atomic E-state index is -0.652. The normalized spacial score (nSPS) is 16.4. The second kappa shape index (κ2) is 10.4. The fraction of sp³-hybridized carbons (Fsp3) is 0.172. The number of para-hydroxylation sites is 1. The molecule has 2 aromatic carbocycles. The Balaban J connectivity index is 1.29. The Labute approximate surface area is 232 Å². The van der Waals surface area contributed by atoms with Crippen molar-refractivity contribution in [2.24, 2.45) is 0 Å².